The summed E-state index contributed by atoms with van der Waals surface area (Å²) in [5.41, 5.74) is 5.70. The van der Waals surface area contributed by atoms with Gasteiger partial charge in [-0.1, -0.05) is 6.07 Å². The Morgan fingerprint density at radius 1 is 1.24 bits per heavy atom. The van der Waals surface area contributed by atoms with E-state index in [0.29, 0.717) is 24.7 Å². The number of rotatable bonds is 6. The van der Waals surface area contributed by atoms with E-state index in [1.54, 1.807) is 13.8 Å². The summed E-state index contributed by atoms with van der Waals surface area (Å²) in [6.07, 6.45) is 0. The molecule has 3 N–H and O–H groups in total. The highest BCUT2D eigenvalue weighted by molar-refractivity contribution is 5.43. The zero-order chi connectivity index (χ0) is 12.9. The van der Waals surface area contributed by atoms with Crippen molar-refractivity contribution in [3.8, 4) is 11.5 Å². The van der Waals surface area contributed by atoms with E-state index >= 15 is 0 Å². The second-order valence-electron chi connectivity index (χ2n) is 4.52. The molecule has 17 heavy (non-hydrogen) atoms. The summed E-state index contributed by atoms with van der Waals surface area (Å²) in [6, 6.07) is 5.57. The van der Waals surface area contributed by atoms with E-state index in [1.807, 2.05) is 25.1 Å². The fourth-order valence-electron chi connectivity index (χ4n) is 1.32. The second kappa shape index (κ2) is 5.89. The van der Waals surface area contributed by atoms with Gasteiger partial charge in [-0.3, -0.25) is 0 Å². The van der Waals surface area contributed by atoms with Crippen LogP contribution < -0.4 is 15.2 Å². The van der Waals surface area contributed by atoms with Gasteiger partial charge in [0.1, 0.15) is 6.61 Å². The molecule has 0 radical (unpaired) electrons. The zero-order valence-electron chi connectivity index (χ0n) is 10.7. The minimum absolute atomic E-state index is 0.217. The molecule has 0 aliphatic carbocycles. The minimum atomic E-state index is -0.865. The van der Waals surface area contributed by atoms with Gasteiger partial charge in [0.15, 0.2) is 11.5 Å². The Hall–Kier alpha value is -1.26. The van der Waals surface area contributed by atoms with Gasteiger partial charge in [0.25, 0.3) is 0 Å². The molecule has 1 aromatic rings. The van der Waals surface area contributed by atoms with Crippen molar-refractivity contribution in [3.63, 3.8) is 0 Å². The fourth-order valence-corrected chi connectivity index (χ4v) is 1.32. The van der Waals surface area contributed by atoms with E-state index in [1.165, 1.54) is 0 Å². The van der Waals surface area contributed by atoms with Gasteiger partial charge >= 0.3 is 0 Å². The lowest BCUT2D eigenvalue weighted by atomic mass is 10.1. The summed E-state index contributed by atoms with van der Waals surface area (Å²) in [7, 11) is 0. The largest absolute Gasteiger partial charge is 0.490 e. The smallest absolute Gasteiger partial charge is 0.161 e. The van der Waals surface area contributed by atoms with Crippen LogP contribution in [0.5, 0.6) is 11.5 Å². The molecule has 0 saturated carbocycles. The molecule has 0 aliphatic rings. The standard InChI is InChI=1S/C13H21NO3/c1-4-16-12-7-10(8-14)5-6-11(12)17-9-13(2,3)15/h5-7,15H,4,8-9,14H2,1-3H3. The van der Waals surface area contributed by atoms with Crippen molar-refractivity contribution >= 4 is 0 Å². The molecule has 0 unspecified atom stereocenters. The van der Waals surface area contributed by atoms with E-state index in [4.69, 9.17) is 15.2 Å². The summed E-state index contributed by atoms with van der Waals surface area (Å²) < 4.78 is 11.0. The maximum Gasteiger partial charge on any atom is 0.161 e. The molecule has 0 spiro atoms. The molecule has 1 aromatic carbocycles. The average molecular weight is 239 g/mol. The van der Waals surface area contributed by atoms with Crippen molar-refractivity contribution < 1.29 is 14.6 Å². The van der Waals surface area contributed by atoms with E-state index in [2.05, 4.69) is 0 Å². The topological polar surface area (TPSA) is 64.7 Å². The first-order chi connectivity index (χ1) is 7.96. The highest BCUT2D eigenvalue weighted by Gasteiger charge is 2.15. The lowest BCUT2D eigenvalue weighted by Crippen LogP contribution is -2.28. The molecule has 96 valence electrons. The molecule has 0 heterocycles. The predicted octanol–water partition coefficient (Wildman–Crippen LogP) is 1.69. The summed E-state index contributed by atoms with van der Waals surface area (Å²) in [5.74, 6) is 1.30. The number of hydrogen-bond acceptors (Lipinski definition) is 4. The number of aliphatic hydroxyl groups is 1. The van der Waals surface area contributed by atoms with Crippen LogP contribution in [-0.2, 0) is 6.54 Å². The van der Waals surface area contributed by atoms with Crippen LogP contribution in [0, 0.1) is 0 Å². The Balaban J connectivity index is 2.82. The van der Waals surface area contributed by atoms with Crippen LogP contribution in [0.15, 0.2) is 18.2 Å². The lowest BCUT2D eigenvalue weighted by Gasteiger charge is -2.19. The van der Waals surface area contributed by atoms with Gasteiger partial charge in [-0.15, -0.1) is 0 Å². The van der Waals surface area contributed by atoms with Crippen LogP contribution in [0.3, 0.4) is 0 Å². The Bertz CT molecular complexity index is 358. The Morgan fingerprint density at radius 3 is 2.47 bits per heavy atom. The molecule has 1 rings (SSSR count). The fraction of sp³-hybridized carbons (Fsp3) is 0.538. The SMILES string of the molecule is CCOc1cc(CN)ccc1OCC(C)(C)O. The summed E-state index contributed by atoms with van der Waals surface area (Å²) >= 11 is 0. The third-order valence-corrected chi connectivity index (χ3v) is 2.12. The van der Waals surface area contributed by atoms with Gasteiger partial charge in [-0.25, -0.2) is 0 Å². The lowest BCUT2D eigenvalue weighted by molar-refractivity contribution is 0.0274. The molecular formula is C13H21NO3. The number of benzene rings is 1. The molecule has 0 fully saturated rings. The van der Waals surface area contributed by atoms with Crippen LogP contribution in [0.25, 0.3) is 0 Å². The monoisotopic (exact) mass is 239 g/mol. The minimum Gasteiger partial charge on any atom is -0.490 e. The van der Waals surface area contributed by atoms with Crippen molar-refractivity contribution in [2.75, 3.05) is 13.2 Å². The predicted molar refractivity (Wildman–Crippen MR) is 67.3 cm³/mol. The zero-order valence-corrected chi connectivity index (χ0v) is 10.7. The molecule has 4 nitrogen and oxygen atoms in total. The summed E-state index contributed by atoms with van der Waals surface area (Å²) in [5, 5.41) is 9.61. The highest BCUT2D eigenvalue weighted by Crippen LogP contribution is 2.29. The summed E-state index contributed by atoms with van der Waals surface area (Å²) in [4.78, 5) is 0. The Kier molecular flexibility index (Phi) is 4.78. The molecule has 0 saturated heterocycles. The summed E-state index contributed by atoms with van der Waals surface area (Å²) in [6.45, 7) is 6.55. The van der Waals surface area contributed by atoms with Gasteiger partial charge in [0, 0.05) is 6.54 Å². The third kappa shape index (κ3) is 4.63. The van der Waals surface area contributed by atoms with Crippen LogP contribution >= 0.6 is 0 Å². The maximum absolute atomic E-state index is 9.61. The van der Waals surface area contributed by atoms with E-state index in [9.17, 15) is 5.11 Å². The molecule has 0 atom stereocenters. The Labute approximate surface area is 102 Å². The quantitative estimate of drug-likeness (QED) is 0.793. The second-order valence-corrected chi connectivity index (χ2v) is 4.52. The maximum atomic E-state index is 9.61. The van der Waals surface area contributed by atoms with Crippen LogP contribution in [0.4, 0.5) is 0 Å². The first kappa shape index (κ1) is 13.8. The molecule has 0 aliphatic heterocycles. The average Bonchev–Trinajstić information content (AvgIpc) is 2.26. The van der Waals surface area contributed by atoms with Crippen molar-refractivity contribution in [3.05, 3.63) is 23.8 Å². The molecule has 0 aromatic heterocycles. The highest BCUT2D eigenvalue weighted by atomic mass is 16.5. The van der Waals surface area contributed by atoms with Gasteiger partial charge < -0.3 is 20.3 Å². The van der Waals surface area contributed by atoms with E-state index in [0.717, 1.165) is 5.56 Å². The van der Waals surface area contributed by atoms with E-state index in [-0.39, 0.29) is 6.61 Å². The van der Waals surface area contributed by atoms with Crippen molar-refractivity contribution in [2.45, 2.75) is 32.9 Å². The van der Waals surface area contributed by atoms with Crippen LogP contribution in [0.2, 0.25) is 0 Å². The molecular weight excluding hydrogens is 218 g/mol. The van der Waals surface area contributed by atoms with Crippen molar-refractivity contribution in [1.29, 1.82) is 0 Å². The van der Waals surface area contributed by atoms with Crippen LogP contribution in [0.1, 0.15) is 26.3 Å². The van der Waals surface area contributed by atoms with E-state index < -0.39 is 5.60 Å². The third-order valence-electron chi connectivity index (χ3n) is 2.12. The molecule has 0 bridgehead atoms. The van der Waals surface area contributed by atoms with Gasteiger partial charge in [-0.05, 0) is 38.5 Å². The number of ether oxygens (including phenoxy) is 2. The van der Waals surface area contributed by atoms with Crippen LogP contribution in [-0.4, -0.2) is 23.9 Å². The first-order valence-corrected chi connectivity index (χ1v) is 5.77. The van der Waals surface area contributed by atoms with Gasteiger partial charge in [-0.2, -0.15) is 0 Å². The Morgan fingerprint density at radius 2 is 1.94 bits per heavy atom. The van der Waals surface area contributed by atoms with Crippen molar-refractivity contribution in [1.82, 2.24) is 0 Å². The van der Waals surface area contributed by atoms with Crippen molar-refractivity contribution in [2.24, 2.45) is 5.73 Å². The first-order valence-electron chi connectivity index (χ1n) is 5.77. The molecule has 4 heteroatoms. The number of nitrogens with two attached hydrogens (primary N) is 1. The number of hydrogen-bond donors (Lipinski definition) is 2. The molecule has 0 amide bonds. The van der Waals surface area contributed by atoms with Gasteiger partial charge in [0.05, 0.1) is 12.2 Å². The normalized spacial score (nSPS) is 11.4. The van der Waals surface area contributed by atoms with Gasteiger partial charge in [0.2, 0.25) is 0 Å².